The smallest absolute Gasteiger partial charge is 0.160 e. The minimum absolute atomic E-state index is 0.820. The average molecular weight is 223 g/mol. The maximum Gasteiger partial charge on any atom is 0.160 e. The standard InChI is InChI=1S/C14H13N3/c1-11-16-13-8-5-9-15-14(13)17(11)10-12-6-3-2-4-7-12/h2-9H,10H2,1H3. The Bertz CT molecular complexity index is 641. The molecular formula is C14H13N3. The Balaban J connectivity index is 2.08. The van der Waals surface area contributed by atoms with Gasteiger partial charge < -0.3 is 4.57 Å². The number of imidazole rings is 1. The van der Waals surface area contributed by atoms with Crippen molar-refractivity contribution in [3.05, 3.63) is 60.0 Å². The van der Waals surface area contributed by atoms with Crippen LogP contribution in [0.2, 0.25) is 0 Å². The Hall–Kier alpha value is -2.16. The molecule has 0 atom stereocenters. The van der Waals surface area contributed by atoms with Gasteiger partial charge in [-0.05, 0) is 24.6 Å². The molecular weight excluding hydrogens is 210 g/mol. The molecule has 0 fully saturated rings. The van der Waals surface area contributed by atoms with E-state index in [0.717, 1.165) is 23.5 Å². The first kappa shape index (κ1) is 10.0. The first-order chi connectivity index (χ1) is 8.34. The van der Waals surface area contributed by atoms with Gasteiger partial charge in [-0.25, -0.2) is 9.97 Å². The molecule has 0 bridgehead atoms. The number of aromatic nitrogens is 3. The lowest BCUT2D eigenvalue weighted by atomic mass is 10.2. The third kappa shape index (κ3) is 1.80. The fourth-order valence-electron chi connectivity index (χ4n) is 2.03. The van der Waals surface area contributed by atoms with Gasteiger partial charge in [0.1, 0.15) is 11.3 Å². The van der Waals surface area contributed by atoms with Crippen molar-refractivity contribution in [2.75, 3.05) is 0 Å². The van der Waals surface area contributed by atoms with Crippen LogP contribution in [-0.2, 0) is 6.54 Å². The topological polar surface area (TPSA) is 30.7 Å². The number of hydrogen-bond acceptors (Lipinski definition) is 2. The minimum atomic E-state index is 0.820. The summed E-state index contributed by atoms with van der Waals surface area (Å²) in [6.45, 7) is 2.84. The van der Waals surface area contributed by atoms with Gasteiger partial charge in [0.15, 0.2) is 5.65 Å². The van der Waals surface area contributed by atoms with Crippen molar-refractivity contribution in [2.45, 2.75) is 13.5 Å². The maximum atomic E-state index is 4.51. The van der Waals surface area contributed by atoms with Gasteiger partial charge in [-0.3, -0.25) is 0 Å². The molecule has 3 nitrogen and oxygen atoms in total. The molecule has 0 unspecified atom stereocenters. The van der Waals surface area contributed by atoms with Gasteiger partial charge in [0.2, 0.25) is 0 Å². The summed E-state index contributed by atoms with van der Waals surface area (Å²) < 4.78 is 2.14. The van der Waals surface area contributed by atoms with Crippen LogP contribution in [0, 0.1) is 6.92 Å². The average Bonchev–Trinajstić information content (AvgIpc) is 2.68. The van der Waals surface area contributed by atoms with Crippen LogP contribution in [0.1, 0.15) is 11.4 Å². The molecule has 0 aliphatic heterocycles. The number of nitrogens with zero attached hydrogens (tertiary/aromatic N) is 3. The Morgan fingerprint density at radius 2 is 1.88 bits per heavy atom. The molecule has 0 N–H and O–H groups in total. The first-order valence-electron chi connectivity index (χ1n) is 5.66. The van der Waals surface area contributed by atoms with Gasteiger partial charge >= 0.3 is 0 Å². The predicted molar refractivity (Wildman–Crippen MR) is 67.8 cm³/mol. The minimum Gasteiger partial charge on any atom is -0.308 e. The largest absolute Gasteiger partial charge is 0.308 e. The molecule has 17 heavy (non-hydrogen) atoms. The van der Waals surface area contributed by atoms with Crippen molar-refractivity contribution >= 4 is 11.2 Å². The highest BCUT2D eigenvalue weighted by Gasteiger charge is 2.07. The zero-order valence-electron chi connectivity index (χ0n) is 9.67. The van der Waals surface area contributed by atoms with E-state index in [2.05, 4.69) is 38.8 Å². The Kier molecular flexibility index (Phi) is 2.37. The van der Waals surface area contributed by atoms with E-state index >= 15 is 0 Å². The third-order valence-electron chi connectivity index (χ3n) is 2.88. The van der Waals surface area contributed by atoms with E-state index in [1.165, 1.54) is 5.56 Å². The Morgan fingerprint density at radius 1 is 1.06 bits per heavy atom. The van der Waals surface area contributed by atoms with Crippen LogP contribution in [0.5, 0.6) is 0 Å². The molecule has 1 aromatic carbocycles. The second kappa shape index (κ2) is 4.01. The SMILES string of the molecule is Cc1nc2cccnc2n1Cc1ccccc1. The molecule has 3 aromatic rings. The number of benzene rings is 1. The van der Waals surface area contributed by atoms with E-state index in [1.807, 2.05) is 31.3 Å². The van der Waals surface area contributed by atoms with Crippen LogP contribution >= 0.6 is 0 Å². The van der Waals surface area contributed by atoms with Crippen LogP contribution in [0.15, 0.2) is 48.7 Å². The third-order valence-corrected chi connectivity index (χ3v) is 2.88. The molecule has 84 valence electrons. The second-order valence-corrected chi connectivity index (χ2v) is 4.08. The van der Waals surface area contributed by atoms with E-state index < -0.39 is 0 Å². The van der Waals surface area contributed by atoms with E-state index in [1.54, 1.807) is 0 Å². The number of hydrogen-bond donors (Lipinski definition) is 0. The fourth-order valence-corrected chi connectivity index (χ4v) is 2.03. The molecule has 0 aliphatic rings. The van der Waals surface area contributed by atoms with Gasteiger partial charge in [0.05, 0.1) is 6.54 Å². The van der Waals surface area contributed by atoms with E-state index in [9.17, 15) is 0 Å². The number of aryl methyl sites for hydroxylation is 1. The summed E-state index contributed by atoms with van der Waals surface area (Å²) in [7, 11) is 0. The quantitative estimate of drug-likeness (QED) is 0.668. The molecule has 2 heterocycles. The van der Waals surface area contributed by atoms with Gasteiger partial charge in [0, 0.05) is 6.20 Å². The van der Waals surface area contributed by atoms with Crippen molar-refractivity contribution in [1.82, 2.24) is 14.5 Å². The van der Waals surface area contributed by atoms with Crippen LogP contribution in [0.3, 0.4) is 0 Å². The van der Waals surface area contributed by atoms with Crippen LogP contribution in [0.25, 0.3) is 11.2 Å². The monoisotopic (exact) mass is 223 g/mol. The Morgan fingerprint density at radius 3 is 2.71 bits per heavy atom. The summed E-state index contributed by atoms with van der Waals surface area (Å²) in [4.78, 5) is 8.91. The van der Waals surface area contributed by atoms with E-state index in [0.29, 0.717) is 0 Å². The summed E-state index contributed by atoms with van der Waals surface area (Å²) in [5, 5.41) is 0. The van der Waals surface area contributed by atoms with Crippen LogP contribution in [-0.4, -0.2) is 14.5 Å². The normalized spacial score (nSPS) is 10.9. The van der Waals surface area contributed by atoms with E-state index in [4.69, 9.17) is 0 Å². The van der Waals surface area contributed by atoms with Crippen molar-refractivity contribution in [2.24, 2.45) is 0 Å². The summed E-state index contributed by atoms with van der Waals surface area (Å²) in [5.41, 5.74) is 3.18. The zero-order chi connectivity index (χ0) is 11.7. The van der Waals surface area contributed by atoms with Crippen molar-refractivity contribution in [3.8, 4) is 0 Å². The molecule has 2 aromatic heterocycles. The molecule has 0 aliphatic carbocycles. The lowest BCUT2D eigenvalue weighted by Gasteiger charge is -2.05. The molecule has 3 rings (SSSR count). The van der Waals surface area contributed by atoms with Crippen molar-refractivity contribution < 1.29 is 0 Å². The lowest BCUT2D eigenvalue weighted by Crippen LogP contribution is -2.02. The number of rotatable bonds is 2. The zero-order valence-corrected chi connectivity index (χ0v) is 9.67. The highest BCUT2D eigenvalue weighted by molar-refractivity contribution is 5.71. The maximum absolute atomic E-state index is 4.51. The summed E-state index contributed by atoms with van der Waals surface area (Å²) in [5.74, 6) is 1.00. The summed E-state index contributed by atoms with van der Waals surface area (Å²) in [6, 6.07) is 14.3. The van der Waals surface area contributed by atoms with Gasteiger partial charge in [-0.1, -0.05) is 30.3 Å². The van der Waals surface area contributed by atoms with Crippen LogP contribution < -0.4 is 0 Å². The van der Waals surface area contributed by atoms with E-state index in [-0.39, 0.29) is 0 Å². The van der Waals surface area contributed by atoms with Gasteiger partial charge in [-0.15, -0.1) is 0 Å². The first-order valence-corrected chi connectivity index (χ1v) is 5.66. The number of fused-ring (bicyclic) bond motifs is 1. The Labute approximate surface area is 99.8 Å². The number of pyridine rings is 1. The fraction of sp³-hybridized carbons (Fsp3) is 0.143. The lowest BCUT2D eigenvalue weighted by molar-refractivity contribution is 0.777. The molecule has 0 radical (unpaired) electrons. The van der Waals surface area contributed by atoms with Crippen LogP contribution in [0.4, 0.5) is 0 Å². The molecule has 0 saturated carbocycles. The van der Waals surface area contributed by atoms with Gasteiger partial charge in [0.25, 0.3) is 0 Å². The molecule has 3 heteroatoms. The highest BCUT2D eigenvalue weighted by atomic mass is 15.1. The van der Waals surface area contributed by atoms with Crippen molar-refractivity contribution in [1.29, 1.82) is 0 Å². The van der Waals surface area contributed by atoms with Crippen molar-refractivity contribution in [3.63, 3.8) is 0 Å². The summed E-state index contributed by atoms with van der Waals surface area (Å²) in [6.07, 6.45) is 1.81. The highest BCUT2D eigenvalue weighted by Crippen LogP contribution is 2.14. The second-order valence-electron chi connectivity index (χ2n) is 4.08. The molecule has 0 amide bonds. The predicted octanol–water partition coefficient (Wildman–Crippen LogP) is 2.79. The molecule has 0 saturated heterocycles. The van der Waals surface area contributed by atoms with Gasteiger partial charge in [-0.2, -0.15) is 0 Å². The molecule has 0 spiro atoms. The summed E-state index contributed by atoms with van der Waals surface area (Å²) >= 11 is 0.